The first-order valence-electron chi connectivity index (χ1n) is 4.34. The quantitative estimate of drug-likeness (QED) is 0.570. The zero-order chi connectivity index (χ0) is 9.56. The lowest BCUT2D eigenvalue weighted by Gasteiger charge is -2.00. The SMILES string of the molecule is C=C(CCC(=O)CC)C(=O)CC. The van der Waals surface area contributed by atoms with E-state index in [1.54, 1.807) is 6.92 Å². The summed E-state index contributed by atoms with van der Waals surface area (Å²) in [6, 6.07) is 0. The highest BCUT2D eigenvalue weighted by Crippen LogP contribution is 2.07. The Morgan fingerprint density at radius 3 is 2.08 bits per heavy atom. The second-order valence-corrected chi connectivity index (χ2v) is 2.77. The van der Waals surface area contributed by atoms with Crippen LogP contribution >= 0.6 is 0 Å². The molecule has 0 rings (SSSR count). The molecule has 0 aliphatic heterocycles. The molecule has 0 aromatic carbocycles. The molecule has 12 heavy (non-hydrogen) atoms. The Hall–Kier alpha value is -0.920. The van der Waals surface area contributed by atoms with Gasteiger partial charge < -0.3 is 0 Å². The van der Waals surface area contributed by atoms with Crippen LogP contribution in [0, 0.1) is 0 Å². The number of hydrogen-bond acceptors (Lipinski definition) is 2. The number of allylic oxidation sites excluding steroid dienone is 1. The molecular weight excluding hydrogens is 152 g/mol. The van der Waals surface area contributed by atoms with Crippen LogP contribution in [0.15, 0.2) is 12.2 Å². The molecule has 0 aromatic heterocycles. The van der Waals surface area contributed by atoms with E-state index in [-0.39, 0.29) is 11.6 Å². The smallest absolute Gasteiger partial charge is 0.158 e. The molecule has 0 spiro atoms. The van der Waals surface area contributed by atoms with Gasteiger partial charge in [-0.2, -0.15) is 0 Å². The van der Waals surface area contributed by atoms with Gasteiger partial charge in [-0.3, -0.25) is 9.59 Å². The molecular formula is C10H16O2. The molecule has 0 atom stereocenters. The Kier molecular flexibility index (Phi) is 5.26. The number of hydrogen-bond donors (Lipinski definition) is 0. The predicted molar refractivity (Wildman–Crippen MR) is 49.0 cm³/mol. The Balaban J connectivity index is 3.72. The summed E-state index contributed by atoms with van der Waals surface area (Å²) >= 11 is 0. The second kappa shape index (κ2) is 5.70. The number of carbonyl (C=O) groups is 2. The zero-order valence-corrected chi connectivity index (χ0v) is 7.85. The lowest BCUT2D eigenvalue weighted by Crippen LogP contribution is -2.02. The molecule has 2 heteroatoms. The molecule has 0 aliphatic rings. The molecule has 0 unspecified atom stereocenters. The minimum Gasteiger partial charge on any atom is -0.300 e. The molecule has 0 saturated heterocycles. The molecule has 0 amide bonds. The van der Waals surface area contributed by atoms with Gasteiger partial charge in [0.25, 0.3) is 0 Å². The van der Waals surface area contributed by atoms with Gasteiger partial charge in [0, 0.05) is 19.3 Å². The first-order valence-corrected chi connectivity index (χ1v) is 4.34. The van der Waals surface area contributed by atoms with Crippen molar-refractivity contribution in [2.75, 3.05) is 0 Å². The molecule has 0 radical (unpaired) electrons. The highest BCUT2D eigenvalue weighted by molar-refractivity contribution is 5.95. The van der Waals surface area contributed by atoms with E-state index >= 15 is 0 Å². The van der Waals surface area contributed by atoms with Gasteiger partial charge in [-0.05, 0) is 12.0 Å². The molecule has 0 N–H and O–H groups in total. The van der Waals surface area contributed by atoms with Crippen LogP contribution in [-0.4, -0.2) is 11.6 Å². The summed E-state index contributed by atoms with van der Waals surface area (Å²) in [6.07, 6.45) is 2.02. The molecule has 0 aromatic rings. The summed E-state index contributed by atoms with van der Waals surface area (Å²) in [4.78, 5) is 21.9. The first-order chi connectivity index (χ1) is 5.61. The van der Waals surface area contributed by atoms with E-state index in [9.17, 15) is 9.59 Å². The van der Waals surface area contributed by atoms with Crippen LogP contribution in [0.25, 0.3) is 0 Å². The predicted octanol–water partition coefficient (Wildman–Crippen LogP) is 2.28. The Labute approximate surface area is 73.7 Å². The van der Waals surface area contributed by atoms with Crippen LogP contribution in [0.4, 0.5) is 0 Å². The van der Waals surface area contributed by atoms with Gasteiger partial charge in [0.1, 0.15) is 5.78 Å². The van der Waals surface area contributed by atoms with Crippen LogP contribution in [0.2, 0.25) is 0 Å². The van der Waals surface area contributed by atoms with Gasteiger partial charge >= 0.3 is 0 Å². The third kappa shape index (κ3) is 4.06. The van der Waals surface area contributed by atoms with Crippen LogP contribution in [0.5, 0.6) is 0 Å². The van der Waals surface area contributed by atoms with Crippen molar-refractivity contribution in [2.45, 2.75) is 39.5 Å². The van der Waals surface area contributed by atoms with Gasteiger partial charge in [-0.15, -0.1) is 0 Å². The van der Waals surface area contributed by atoms with Crippen LogP contribution in [-0.2, 0) is 9.59 Å². The summed E-state index contributed by atoms with van der Waals surface area (Å²) in [5, 5.41) is 0. The molecule has 0 bridgehead atoms. The van der Waals surface area contributed by atoms with Crippen molar-refractivity contribution in [3.8, 4) is 0 Å². The van der Waals surface area contributed by atoms with E-state index in [0.29, 0.717) is 31.3 Å². The minimum absolute atomic E-state index is 0.0684. The van der Waals surface area contributed by atoms with Crippen LogP contribution in [0.3, 0.4) is 0 Å². The lowest BCUT2D eigenvalue weighted by atomic mass is 10.0. The summed E-state index contributed by atoms with van der Waals surface area (Å²) in [6.45, 7) is 7.26. The third-order valence-corrected chi connectivity index (χ3v) is 1.82. The molecule has 0 saturated carbocycles. The third-order valence-electron chi connectivity index (χ3n) is 1.82. The highest BCUT2D eigenvalue weighted by atomic mass is 16.1. The van der Waals surface area contributed by atoms with Crippen molar-refractivity contribution in [3.05, 3.63) is 12.2 Å². The maximum absolute atomic E-state index is 11.0. The number of Topliss-reactive ketones (excluding diaryl/α,β-unsaturated/α-hetero) is 2. The van der Waals surface area contributed by atoms with Crippen LogP contribution in [0.1, 0.15) is 39.5 Å². The molecule has 0 fully saturated rings. The molecule has 0 heterocycles. The average molecular weight is 168 g/mol. The van der Waals surface area contributed by atoms with Crippen molar-refractivity contribution in [3.63, 3.8) is 0 Å². The molecule has 68 valence electrons. The fraction of sp³-hybridized carbons (Fsp3) is 0.600. The first kappa shape index (κ1) is 11.1. The lowest BCUT2D eigenvalue weighted by molar-refractivity contribution is -0.118. The van der Waals surface area contributed by atoms with Crippen molar-refractivity contribution < 1.29 is 9.59 Å². The van der Waals surface area contributed by atoms with Gasteiger partial charge in [0.05, 0.1) is 0 Å². The van der Waals surface area contributed by atoms with Crippen LogP contribution < -0.4 is 0 Å². The fourth-order valence-corrected chi connectivity index (χ4v) is 0.857. The maximum Gasteiger partial charge on any atom is 0.158 e. The van der Waals surface area contributed by atoms with E-state index in [2.05, 4.69) is 6.58 Å². The van der Waals surface area contributed by atoms with E-state index in [1.165, 1.54) is 0 Å². The minimum atomic E-state index is 0.0684. The van der Waals surface area contributed by atoms with Gasteiger partial charge in [-0.1, -0.05) is 20.4 Å². The number of rotatable bonds is 6. The van der Waals surface area contributed by atoms with Crippen molar-refractivity contribution in [1.82, 2.24) is 0 Å². The van der Waals surface area contributed by atoms with Crippen molar-refractivity contribution >= 4 is 11.6 Å². The largest absolute Gasteiger partial charge is 0.300 e. The second-order valence-electron chi connectivity index (χ2n) is 2.77. The van der Waals surface area contributed by atoms with Crippen molar-refractivity contribution in [2.24, 2.45) is 0 Å². The summed E-state index contributed by atoms with van der Waals surface area (Å²) < 4.78 is 0. The average Bonchev–Trinajstić information content (AvgIpc) is 2.11. The van der Waals surface area contributed by atoms with Gasteiger partial charge in [0.15, 0.2) is 5.78 Å². The topological polar surface area (TPSA) is 34.1 Å². The molecule has 2 nitrogen and oxygen atoms in total. The Morgan fingerprint density at radius 2 is 1.67 bits per heavy atom. The monoisotopic (exact) mass is 168 g/mol. The summed E-state index contributed by atoms with van der Waals surface area (Å²) in [7, 11) is 0. The maximum atomic E-state index is 11.0. The zero-order valence-electron chi connectivity index (χ0n) is 7.85. The summed E-state index contributed by atoms with van der Waals surface area (Å²) in [5.74, 6) is 0.263. The number of ketones is 2. The van der Waals surface area contributed by atoms with Gasteiger partial charge in [0.2, 0.25) is 0 Å². The summed E-state index contributed by atoms with van der Waals surface area (Å²) in [5.41, 5.74) is 0.583. The van der Waals surface area contributed by atoms with E-state index < -0.39 is 0 Å². The fourth-order valence-electron chi connectivity index (χ4n) is 0.857. The van der Waals surface area contributed by atoms with Crippen molar-refractivity contribution in [1.29, 1.82) is 0 Å². The Morgan fingerprint density at radius 1 is 1.08 bits per heavy atom. The normalized spacial score (nSPS) is 9.50. The van der Waals surface area contributed by atoms with E-state index in [1.807, 2.05) is 6.92 Å². The Bertz CT molecular complexity index is 192. The standard InChI is InChI=1S/C10H16O2/c1-4-9(11)7-6-8(3)10(12)5-2/h3-7H2,1-2H3. The van der Waals surface area contributed by atoms with Gasteiger partial charge in [-0.25, -0.2) is 0 Å². The number of carbonyl (C=O) groups excluding carboxylic acids is 2. The van der Waals surface area contributed by atoms with E-state index in [0.717, 1.165) is 0 Å². The molecule has 0 aliphatic carbocycles. The highest BCUT2D eigenvalue weighted by Gasteiger charge is 2.05. The van der Waals surface area contributed by atoms with E-state index in [4.69, 9.17) is 0 Å².